The fourth-order valence-corrected chi connectivity index (χ4v) is 1.95. The first-order valence-corrected chi connectivity index (χ1v) is 5.69. The maximum atomic E-state index is 5.30. The highest BCUT2D eigenvalue weighted by Crippen LogP contribution is 2.23. The number of aromatic nitrogens is 3. The molecule has 0 unspecified atom stereocenters. The topological polar surface area (TPSA) is 50.8 Å². The average molecular weight is 231 g/mol. The largest absolute Gasteiger partial charge is 0.496 e. The molecule has 90 valence electrons. The third-order valence-electron chi connectivity index (χ3n) is 2.97. The van der Waals surface area contributed by atoms with Gasteiger partial charge in [0, 0.05) is 0 Å². The number of ether oxygens (including phenoxy) is 1. The summed E-state index contributed by atoms with van der Waals surface area (Å²) in [4.78, 5) is 0. The molecule has 17 heavy (non-hydrogen) atoms. The Labute approximate surface area is 101 Å². The Morgan fingerprint density at radius 2 is 2.00 bits per heavy atom. The fourth-order valence-electron chi connectivity index (χ4n) is 1.95. The van der Waals surface area contributed by atoms with Crippen LogP contribution in [0.2, 0.25) is 0 Å². The fraction of sp³-hybridized carbons (Fsp3) is 0.385. The van der Waals surface area contributed by atoms with Gasteiger partial charge in [-0.2, -0.15) is 15.4 Å². The van der Waals surface area contributed by atoms with Crippen molar-refractivity contribution in [2.45, 2.75) is 26.7 Å². The molecule has 0 bridgehead atoms. The number of aromatic amines is 1. The van der Waals surface area contributed by atoms with Gasteiger partial charge < -0.3 is 4.74 Å². The molecule has 0 atom stereocenters. The summed E-state index contributed by atoms with van der Waals surface area (Å²) in [5.41, 5.74) is 4.77. The molecule has 4 heteroatoms. The molecule has 0 aliphatic rings. The number of nitrogens with zero attached hydrogens (tertiary/aromatic N) is 2. The third-order valence-corrected chi connectivity index (χ3v) is 2.97. The van der Waals surface area contributed by atoms with E-state index in [1.54, 1.807) is 13.3 Å². The Morgan fingerprint density at radius 3 is 2.65 bits per heavy atom. The summed E-state index contributed by atoms with van der Waals surface area (Å²) in [6.07, 6.45) is 3.65. The molecular formula is C13H17N3O. The number of hydrogen-bond donors (Lipinski definition) is 1. The summed E-state index contributed by atoms with van der Waals surface area (Å²) < 4.78 is 5.30. The minimum atomic E-state index is 0.906. The highest BCUT2D eigenvalue weighted by Gasteiger charge is 2.06. The summed E-state index contributed by atoms with van der Waals surface area (Å²) >= 11 is 0. The molecular weight excluding hydrogens is 214 g/mol. The first kappa shape index (κ1) is 11.6. The van der Waals surface area contributed by atoms with Crippen LogP contribution in [0.15, 0.2) is 18.3 Å². The van der Waals surface area contributed by atoms with Crippen molar-refractivity contribution in [3.05, 3.63) is 40.7 Å². The maximum absolute atomic E-state index is 5.30. The zero-order valence-electron chi connectivity index (χ0n) is 10.4. The lowest BCUT2D eigenvalue weighted by Crippen LogP contribution is -1.97. The van der Waals surface area contributed by atoms with Crippen LogP contribution >= 0.6 is 0 Å². The van der Waals surface area contributed by atoms with E-state index in [1.807, 2.05) is 0 Å². The van der Waals surface area contributed by atoms with Crippen LogP contribution in [0, 0.1) is 13.8 Å². The Balaban J connectivity index is 2.13. The van der Waals surface area contributed by atoms with Gasteiger partial charge in [-0.1, -0.05) is 6.07 Å². The lowest BCUT2D eigenvalue weighted by atomic mass is 10.00. The monoisotopic (exact) mass is 231 g/mol. The predicted octanol–water partition coefficient (Wildman–Crippen LogP) is 2.22. The van der Waals surface area contributed by atoms with Crippen LogP contribution in [0.3, 0.4) is 0 Å². The molecule has 0 radical (unpaired) electrons. The van der Waals surface area contributed by atoms with E-state index < -0.39 is 0 Å². The molecule has 1 N–H and O–H groups in total. The van der Waals surface area contributed by atoms with Crippen molar-refractivity contribution in [1.82, 2.24) is 15.4 Å². The number of rotatable bonds is 4. The van der Waals surface area contributed by atoms with E-state index in [9.17, 15) is 0 Å². The molecule has 0 spiro atoms. The van der Waals surface area contributed by atoms with E-state index >= 15 is 0 Å². The zero-order valence-corrected chi connectivity index (χ0v) is 10.4. The second kappa shape index (κ2) is 4.99. The molecule has 0 aliphatic carbocycles. The smallest absolute Gasteiger partial charge is 0.122 e. The van der Waals surface area contributed by atoms with Gasteiger partial charge in [0.25, 0.3) is 0 Å². The molecule has 2 rings (SSSR count). The molecule has 0 amide bonds. The summed E-state index contributed by atoms with van der Waals surface area (Å²) in [5.74, 6) is 0.952. The van der Waals surface area contributed by atoms with Gasteiger partial charge in [0.15, 0.2) is 0 Å². The molecule has 0 saturated carbocycles. The average Bonchev–Trinajstić information content (AvgIpc) is 2.82. The summed E-state index contributed by atoms with van der Waals surface area (Å²) in [6.45, 7) is 4.18. The van der Waals surface area contributed by atoms with Crippen LogP contribution in [0.1, 0.15) is 22.4 Å². The second-order valence-electron chi connectivity index (χ2n) is 4.21. The zero-order chi connectivity index (χ0) is 12.3. The number of methoxy groups -OCH3 is 1. The molecule has 4 nitrogen and oxygen atoms in total. The van der Waals surface area contributed by atoms with E-state index in [2.05, 4.69) is 41.4 Å². The first-order chi connectivity index (χ1) is 8.20. The van der Waals surface area contributed by atoms with Crippen molar-refractivity contribution >= 4 is 0 Å². The van der Waals surface area contributed by atoms with E-state index in [0.29, 0.717) is 0 Å². The number of aryl methyl sites for hydroxylation is 4. The molecule has 0 aliphatic heterocycles. The number of benzene rings is 1. The summed E-state index contributed by atoms with van der Waals surface area (Å²) in [5, 5.41) is 10.5. The Kier molecular flexibility index (Phi) is 3.42. The number of hydrogen-bond acceptors (Lipinski definition) is 3. The van der Waals surface area contributed by atoms with Gasteiger partial charge in [-0.05, 0) is 49.4 Å². The highest BCUT2D eigenvalue weighted by molar-refractivity contribution is 5.41. The molecule has 1 aromatic heterocycles. The Hall–Kier alpha value is -1.84. The van der Waals surface area contributed by atoms with Crippen molar-refractivity contribution in [2.24, 2.45) is 0 Å². The molecule has 1 aromatic carbocycles. The van der Waals surface area contributed by atoms with Gasteiger partial charge in [-0.25, -0.2) is 0 Å². The van der Waals surface area contributed by atoms with Gasteiger partial charge in [0.2, 0.25) is 0 Å². The number of H-pyrrole nitrogens is 1. The SMILES string of the molecule is COc1cc(C)c(CCc2cn[nH]n2)cc1C. The van der Waals surface area contributed by atoms with Gasteiger partial charge in [0.05, 0.1) is 19.0 Å². The molecule has 0 fully saturated rings. The maximum Gasteiger partial charge on any atom is 0.122 e. The van der Waals surface area contributed by atoms with Crippen LogP contribution in [-0.4, -0.2) is 22.5 Å². The van der Waals surface area contributed by atoms with Crippen LogP contribution in [0.5, 0.6) is 5.75 Å². The van der Waals surface area contributed by atoms with Crippen molar-refractivity contribution in [2.75, 3.05) is 7.11 Å². The third kappa shape index (κ3) is 2.64. The first-order valence-electron chi connectivity index (χ1n) is 5.69. The summed E-state index contributed by atoms with van der Waals surface area (Å²) in [7, 11) is 1.71. The van der Waals surface area contributed by atoms with Gasteiger partial charge in [-0.3, -0.25) is 0 Å². The van der Waals surface area contributed by atoms with E-state index in [-0.39, 0.29) is 0 Å². The molecule has 1 heterocycles. The minimum Gasteiger partial charge on any atom is -0.496 e. The van der Waals surface area contributed by atoms with E-state index in [4.69, 9.17) is 4.74 Å². The second-order valence-corrected chi connectivity index (χ2v) is 4.21. The minimum absolute atomic E-state index is 0.906. The molecule has 0 saturated heterocycles. The van der Waals surface area contributed by atoms with Crippen LogP contribution in [0.25, 0.3) is 0 Å². The molecule has 2 aromatic rings. The van der Waals surface area contributed by atoms with E-state index in [0.717, 1.165) is 24.3 Å². The Bertz CT molecular complexity index is 492. The number of nitrogens with one attached hydrogen (secondary N) is 1. The van der Waals surface area contributed by atoms with Crippen LogP contribution in [0.4, 0.5) is 0 Å². The van der Waals surface area contributed by atoms with Crippen molar-refractivity contribution in [1.29, 1.82) is 0 Å². The quantitative estimate of drug-likeness (QED) is 0.877. The van der Waals surface area contributed by atoms with Gasteiger partial charge >= 0.3 is 0 Å². The normalized spacial score (nSPS) is 10.5. The van der Waals surface area contributed by atoms with Crippen molar-refractivity contribution in [3.63, 3.8) is 0 Å². The highest BCUT2D eigenvalue weighted by atomic mass is 16.5. The van der Waals surface area contributed by atoms with Gasteiger partial charge in [0.1, 0.15) is 5.75 Å². The lowest BCUT2D eigenvalue weighted by Gasteiger charge is -2.10. The van der Waals surface area contributed by atoms with E-state index in [1.165, 1.54) is 16.7 Å². The predicted molar refractivity (Wildman–Crippen MR) is 66.3 cm³/mol. The summed E-state index contributed by atoms with van der Waals surface area (Å²) in [6, 6.07) is 4.28. The van der Waals surface area contributed by atoms with Crippen LogP contribution < -0.4 is 4.74 Å². The van der Waals surface area contributed by atoms with Crippen molar-refractivity contribution in [3.8, 4) is 5.75 Å². The Morgan fingerprint density at radius 1 is 1.18 bits per heavy atom. The standard InChI is InChI=1S/C13H17N3O/c1-9-7-13(17-3)10(2)6-11(9)4-5-12-8-14-16-15-12/h6-8H,4-5H2,1-3H3,(H,14,15,16). The van der Waals surface area contributed by atoms with Crippen LogP contribution in [-0.2, 0) is 12.8 Å². The lowest BCUT2D eigenvalue weighted by molar-refractivity contribution is 0.411. The van der Waals surface area contributed by atoms with Crippen molar-refractivity contribution < 1.29 is 4.74 Å². The van der Waals surface area contributed by atoms with Gasteiger partial charge in [-0.15, -0.1) is 0 Å².